The van der Waals surface area contributed by atoms with Crippen molar-refractivity contribution in [2.75, 3.05) is 26.2 Å². The highest BCUT2D eigenvalue weighted by atomic mass is 16.2. The Kier molecular flexibility index (Phi) is 5.05. The Bertz CT molecular complexity index is 884. The van der Waals surface area contributed by atoms with Crippen LogP contribution in [0.5, 0.6) is 0 Å². The molecule has 0 N–H and O–H groups in total. The molecule has 7 heteroatoms. The van der Waals surface area contributed by atoms with Crippen LogP contribution in [-0.2, 0) is 4.79 Å². The van der Waals surface area contributed by atoms with Crippen LogP contribution in [0.25, 0.3) is 0 Å². The predicted octanol–water partition coefficient (Wildman–Crippen LogP) is 2.41. The van der Waals surface area contributed by atoms with Crippen LogP contribution in [0.1, 0.15) is 72.6 Å². The minimum Gasteiger partial charge on any atom is -0.339 e. The van der Waals surface area contributed by atoms with Crippen molar-refractivity contribution in [2.24, 2.45) is 5.41 Å². The van der Waals surface area contributed by atoms with Gasteiger partial charge in [-0.15, -0.1) is 0 Å². The molecule has 156 valence electrons. The predicted molar refractivity (Wildman–Crippen MR) is 109 cm³/mol. The third-order valence-electron chi connectivity index (χ3n) is 5.30. The van der Waals surface area contributed by atoms with Gasteiger partial charge in [0.25, 0.3) is 17.7 Å². The molecular weight excluding hydrogens is 370 g/mol. The van der Waals surface area contributed by atoms with E-state index in [2.05, 4.69) is 0 Å². The molecule has 0 bridgehead atoms. The molecule has 3 rings (SSSR count). The van der Waals surface area contributed by atoms with Crippen molar-refractivity contribution in [3.8, 4) is 0 Å². The smallest absolute Gasteiger partial charge is 0.262 e. The number of carbonyl (C=O) groups excluding carboxylic acids is 4. The van der Waals surface area contributed by atoms with E-state index >= 15 is 0 Å². The van der Waals surface area contributed by atoms with Crippen LogP contribution in [0.2, 0.25) is 0 Å². The number of carbonyl (C=O) groups is 4. The second-order valence-corrected chi connectivity index (χ2v) is 9.71. The Balaban J connectivity index is 1.75. The van der Waals surface area contributed by atoms with Crippen LogP contribution in [0.4, 0.5) is 0 Å². The van der Waals surface area contributed by atoms with Gasteiger partial charge in [0.05, 0.1) is 11.1 Å². The lowest BCUT2D eigenvalue weighted by Gasteiger charge is -2.37. The first-order valence-corrected chi connectivity index (χ1v) is 9.94. The molecule has 1 aromatic carbocycles. The van der Waals surface area contributed by atoms with Gasteiger partial charge in [0.1, 0.15) is 0 Å². The fourth-order valence-corrected chi connectivity index (χ4v) is 3.75. The van der Waals surface area contributed by atoms with Crippen LogP contribution in [0.15, 0.2) is 18.2 Å². The molecule has 29 heavy (non-hydrogen) atoms. The summed E-state index contributed by atoms with van der Waals surface area (Å²) in [5.41, 5.74) is -0.0821. The molecule has 4 amide bonds. The van der Waals surface area contributed by atoms with Crippen molar-refractivity contribution >= 4 is 23.6 Å². The van der Waals surface area contributed by atoms with E-state index in [4.69, 9.17) is 0 Å². The maximum Gasteiger partial charge on any atom is 0.262 e. The standard InChI is InChI=1S/C22H29N3O4/c1-21(2,3)20(29)24-11-9-23(10-12-24)17(26)14-7-8-15-16(13-14)19(28)25(18(15)27)22(4,5)6/h7-8,13H,9-12H2,1-6H3. The Labute approximate surface area is 171 Å². The van der Waals surface area contributed by atoms with Crippen molar-refractivity contribution in [2.45, 2.75) is 47.1 Å². The van der Waals surface area contributed by atoms with Crippen molar-refractivity contribution < 1.29 is 19.2 Å². The molecule has 2 heterocycles. The Morgan fingerprint density at radius 3 is 1.83 bits per heavy atom. The first-order valence-electron chi connectivity index (χ1n) is 9.94. The number of fused-ring (bicyclic) bond motifs is 1. The SMILES string of the molecule is CC(C)(C)C(=O)N1CCN(C(=O)c2ccc3c(c2)C(=O)N(C(C)(C)C)C3=O)CC1. The van der Waals surface area contributed by atoms with E-state index in [0.717, 1.165) is 0 Å². The average Bonchev–Trinajstić information content (AvgIpc) is 2.90. The third kappa shape index (κ3) is 3.78. The summed E-state index contributed by atoms with van der Waals surface area (Å²) in [4.78, 5) is 55.4. The zero-order chi connectivity index (χ0) is 21.7. The lowest BCUT2D eigenvalue weighted by atomic mass is 9.94. The van der Waals surface area contributed by atoms with Crippen molar-refractivity contribution in [3.05, 3.63) is 34.9 Å². The average molecular weight is 399 g/mol. The summed E-state index contributed by atoms with van der Waals surface area (Å²) in [6, 6.07) is 4.69. The number of hydrogen-bond acceptors (Lipinski definition) is 4. The van der Waals surface area contributed by atoms with Gasteiger partial charge in [-0.2, -0.15) is 0 Å². The van der Waals surface area contributed by atoms with E-state index in [9.17, 15) is 19.2 Å². The largest absolute Gasteiger partial charge is 0.339 e. The van der Waals surface area contributed by atoms with Gasteiger partial charge in [-0.05, 0) is 39.0 Å². The summed E-state index contributed by atoms with van der Waals surface area (Å²) in [6.45, 7) is 12.9. The number of nitrogens with zero attached hydrogens (tertiary/aromatic N) is 3. The van der Waals surface area contributed by atoms with Crippen LogP contribution in [-0.4, -0.2) is 70.0 Å². The van der Waals surface area contributed by atoms with Gasteiger partial charge in [0.2, 0.25) is 5.91 Å². The van der Waals surface area contributed by atoms with Gasteiger partial charge >= 0.3 is 0 Å². The van der Waals surface area contributed by atoms with E-state index < -0.39 is 11.0 Å². The van der Waals surface area contributed by atoms with E-state index in [1.807, 2.05) is 20.8 Å². The molecule has 2 aliphatic rings. The monoisotopic (exact) mass is 399 g/mol. The lowest BCUT2D eigenvalue weighted by molar-refractivity contribution is -0.140. The fraction of sp³-hybridized carbons (Fsp3) is 0.545. The maximum atomic E-state index is 13.0. The molecule has 1 saturated heterocycles. The first kappa shape index (κ1) is 21.0. The molecule has 0 atom stereocenters. The zero-order valence-electron chi connectivity index (χ0n) is 18.0. The lowest BCUT2D eigenvalue weighted by Crippen LogP contribution is -2.53. The van der Waals surface area contributed by atoms with Crippen molar-refractivity contribution in [3.63, 3.8) is 0 Å². The highest BCUT2D eigenvalue weighted by Crippen LogP contribution is 2.30. The number of piperazine rings is 1. The number of rotatable bonds is 1. The van der Waals surface area contributed by atoms with Gasteiger partial charge in [-0.3, -0.25) is 24.1 Å². The number of benzene rings is 1. The Morgan fingerprint density at radius 2 is 1.31 bits per heavy atom. The van der Waals surface area contributed by atoms with E-state index in [0.29, 0.717) is 37.3 Å². The highest BCUT2D eigenvalue weighted by molar-refractivity contribution is 6.22. The molecule has 1 aromatic rings. The van der Waals surface area contributed by atoms with Gasteiger partial charge < -0.3 is 9.80 Å². The van der Waals surface area contributed by atoms with Crippen LogP contribution >= 0.6 is 0 Å². The number of imide groups is 1. The highest BCUT2D eigenvalue weighted by Gasteiger charge is 2.42. The number of hydrogen-bond donors (Lipinski definition) is 0. The van der Waals surface area contributed by atoms with Gasteiger partial charge in [0, 0.05) is 42.7 Å². The quantitative estimate of drug-likeness (QED) is 0.680. The minimum absolute atomic E-state index is 0.0773. The van der Waals surface area contributed by atoms with Crippen LogP contribution < -0.4 is 0 Å². The van der Waals surface area contributed by atoms with Crippen molar-refractivity contribution in [1.29, 1.82) is 0 Å². The minimum atomic E-state index is -0.632. The summed E-state index contributed by atoms with van der Waals surface area (Å²) in [5.74, 6) is -0.808. The molecule has 0 unspecified atom stereocenters. The third-order valence-corrected chi connectivity index (χ3v) is 5.30. The number of amides is 4. The molecule has 0 saturated carbocycles. The summed E-state index contributed by atoms with van der Waals surface area (Å²) in [5, 5.41) is 0. The van der Waals surface area contributed by atoms with E-state index in [1.165, 1.54) is 11.0 Å². The summed E-state index contributed by atoms with van der Waals surface area (Å²) < 4.78 is 0. The van der Waals surface area contributed by atoms with Crippen molar-refractivity contribution in [1.82, 2.24) is 14.7 Å². The summed E-state index contributed by atoms with van der Waals surface area (Å²) in [6.07, 6.45) is 0. The molecule has 0 radical (unpaired) electrons. The Hall–Kier alpha value is -2.70. The molecule has 7 nitrogen and oxygen atoms in total. The van der Waals surface area contributed by atoms with Gasteiger partial charge in [-0.25, -0.2) is 0 Å². The molecule has 0 aromatic heterocycles. The van der Waals surface area contributed by atoms with Crippen LogP contribution in [0, 0.1) is 5.41 Å². The van der Waals surface area contributed by atoms with E-state index in [1.54, 1.807) is 42.7 Å². The molecule has 2 aliphatic heterocycles. The topological polar surface area (TPSA) is 78.0 Å². The fourth-order valence-electron chi connectivity index (χ4n) is 3.75. The normalized spacial score (nSPS) is 17.7. The van der Waals surface area contributed by atoms with Crippen LogP contribution in [0.3, 0.4) is 0 Å². The maximum absolute atomic E-state index is 13.0. The second-order valence-electron chi connectivity index (χ2n) is 9.71. The second kappa shape index (κ2) is 6.97. The first-order chi connectivity index (χ1) is 13.3. The molecular formula is C22H29N3O4. The zero-order valence-corrected chi connectivity index (χ0v) is 18.0. The van der Waals surface area contributed by atoms with E-state index in [-0.39, 0.29) is 29.2 Å². The summed E-state index contributed by atoms with van der Waals surface area (Å²) in [7, 11) is 0. The molecule has 0 spiro atoms. The molecule has 1 fully saturated rings. The Morgan fingerprint density at radius 1 is 0.793 bits per heavy atom. The van der Waals surface area contributed by atoms with Gasteiger partial charge in [-0.1, -0.05) is 20.8 Å². The summed E-state index contributed by atoms with van der Waals surface area (Å²) >= 11 is 0. The molecule has 0 aliphatic carbocycles. The van der Waals surface area contributed by atoms with Gasteiger partial charge in [0.15, 0.2) is 0 Å².